The van der Waals surface area contributed by atoms with E-state index in [4.69, 9.17) is 5.11 Å². The van der Waals surface area contributed by atoms with Crippen molar-refractivity contribution >= 4 is 11.3 Å². The molecule has 0 aromatic carbocycles. The topological polar surface area (TPSA) is 32.3 Å². The molecule has 1 unspecified atom stereocenters. The normalized spacial score (nSPS) is 13.4. The molecule has 2 nitrogen and oxygen atoms in total. The van der Waals surface area contributed by atoms with Crippen molar-refractivity contribution < 1.29 is 5.11 Å². The first-order chi connectivity index (χ1) is 7.15. The van der Waals surface area contributed by atoms with Crippen LogP contribution in [0.5, 0.6) is 0 Å². The van der Waals surface area contributed by atoms with E-state index in [1.54, 1.807) is 0 Å². The molecule has 1 rings (SSSR count). The summed E-state index contributed by atoms with van der Waals surface area (Å²) in [5.74, 6) is 0.486. The Labute approximate surface area is 96.3 Å². The number of hydrogen-bond acceptors (Lipinski definition) is 3. The minimum absolute atomic E-state index is 0.223. The van der Waals surface area contributed by atoms with Crippen LogP contribution in [-0.2, 0) is 6.42 Å². The van der Waals surface area contributed by atoms with Gasteiger partial charge in [-0.1, -0.05) is 13.8 Å². The van der Waals surface area contributed by atoms with E-state index in [1.165, 1.54) is 10.4 Å². The van der Waals surface area contributed by atoms with Crippen LogP contribution in [0.3, 0.4) is 0 Å². The minimum atomic E-state index is 0.223. The van der Waals surface area contributed by atoms with E-state index in [1.807, 2.05) is 11.3 Å². The van der Waals surface area contributed by atoms with Crippen LogP contribution in [0, 0.1) is 12.8 Å². The minimum Gasteiger partial charge on any atom is -0.395 e. The van der Waals surface area contributed by atoms with Crippen molar-refractivity contribution in [3.05, 3.63) is 21.9 Å². The zero-order valence-electron chi connectivity index (χ0n) is 9.79. The fourth-order valence-electron chi connectivity index (χ4n) is 1.54. The molecule has 3 heteroatoms. The second-order valence-electron chi connectivity index (χ2n) is 4.26. The van der Waals surface area contributed by atoms with Crippen LogP contribution in [0.25, 0.3) is 0 Å². The molecule has 15 heavy (non-hydrogen) atoms. The van der Waals surface area contributed by atoms with Gasteiger partial charge in [-0.3, -0.25) is 0 Å². The van der Waals surface area contributed by atoms with E-state index in [2.05, 4.69) is 37.5 Å². The van der Waals surface area contributed by atoms with Crippen molar-refractivity contribution in [1.29, 1.82) is 0 Å². The van der Waals surface area contributed by atoms with Gasteiger partial charge in [0.1, 0.15) is 0 Å². The van der Waals surface area contributed by atoms with Gasteiger partial charge in [-0.25, -0.2) is 0 Å². The summed E-state index contributed by atoms with van der Waals surface area (Å²) in [6.07, 6.45) is 1.06. The summed E-state index contributed by atoms with van der Waals surface area (Å²) in [6.45, 7) is 7.58. The standard InChI is InChI=1S/C12H21NOS/c1-9(2)11(8-14)13-6-4-12-10(3)5-7-15-12/h5,7,9,11,13-14H,4,6,8H2,1-3H3. The third kappa shape index (κ3) is 3.93. The Morgan fingerprint density at radius 1 is 1.47 bits per heavy atom. The highest BCUT2D eigenvalue weighted by Gasteiger charge is 2.10. The van der Waals surface area contributed by atoms with Gasteiger partial charge >= 0.3 is 0 Å². The Hall–Kier alpha value is -0.380. The molecule has 0 fully saturated rings. The van der Waals surface area contributed by atoms with Gasteiger partial charge in [-0.15, -0.1) is 11.3 Å². The maximum Gasteiger partial charge on any atom is 0.0587 e. The molecular weight excluding hydrogens is 206 g/mol. The first kappa shape index (κ1) is 12.7. The maximum atomic E-state index is 9.15. The van der Waals surface area contributed by atoms with Crippen molar-refractivity contribution in [2.75, 3.05) is 13.2 Å². The Morgan fingerprint density at radius 3 is 2.67 bits per heavy atom. The molecule has 0 saturated carbocycles. The van der Waals surface area contributed by atoms with E-state index in [0.29, 0.717) is 5.92 Å². The largest absolute Gasteiger partial charge is 0.395 e. The van der Waals surface area contributed by atoms with Crippen molar-refractivity contribution in [2.45, 2.75) is 33.2 Å². The van der Waals surface area contributed by atoms with E-state index in [9.17, 15) is 0 Å². The molecule has 0 bridgehead atoms. The van der Waals surface area contributed by atoms with E-state index >= 15 is 0 Å². The highest BCUT2D eigenvalue weighted by atomic mass is 32.1. The van der Waals surface area contributed by atoms with Gasteiger partial charge in [-0.05, 0) is 36.3 Å². The monoisotopic (exact) mass is 227 g/mol. The average molecular weight is 227 g/mol. The molecule has 0 aliphatic heterocycles. The molecule has 86 valence electrons. The number of aryl methyl sites for hydroxylation is 1. The average Bonchev–Trinajstić information content (AvgIpc) is 2.58. The highest BCUT2D eigenvalue weighted by molar-refractivity contribution is 7.10. The number of nitrogens with one attached hydrogen (secondary N) is 1. The van der Waals surface area contributed by atoms with Gasteiger partial charge in [0.2, 0.25) is 0 Å². The van der Waals surface area contributed by atoms with Crippen LogP contribution in [0.15, 0.2) is 11.4 Å². The maximum absolute atomic E-state index is 9.15. The number of rotatable bonds is 6. The van der Waals surface area contributed by atoms with Crippen LogP contribution in [0.4, 0.5) is 0 Å². The molecule has 0 spiro atoms. The first-order valence-corrected chi connectivity index (χ1v) is 6.40. The smallest absolute Gasteiger partial charge is 0.0587 e. The van der Waals surface area contributed by atoms with Crippen LogP contribution >= 0.6 is 11.3 Å². The third-order valence-corrected chi connectivity index (χ3v) is 3.81. The van der Waals surface area contributed by atoms with Crippen LogP contribution in [0.2, 0.25) is 0 Å². The van der Waals surface area contributed by atoms with Gasteiger partial charge in [0.05, 0.1) is 6.61 Å². The summed E-state index contributed by atoms with van der Waals surface area (Å²) in [6, 6.07) is 2.39. The van der Waals surface area contributed by atoms with E-state index in [-0.39, 0.29) is 12.6 Å². The molecule has 1 aromatic rings. The molecule has 0 saturated heterocycles. The molecule has 1 atom stereocenters. The van der Waals surface area contributed by atoms with Crippen molar-refractivity contribution in [2.24, 2.45) is 5.92 Å². The van der Waals surface area contributed by atoms with Gasteiger partial charge < -0.3 is 10.4 Å². The van der Waals surface area contributed by atoms with Gasteiger partial charge in [0.25, 0.3) is 0 Å². The fourth-order valence-corrected chi connectivity index (χ4v) is 2.45. The molecule has 0 aliphatic carbocycles. The van der Waals surface area contributed by atoms with Gasteiger partial charge in [-0.2, -0.15) is 0 Å². The zero-order valence-corrected chi connectivity index (χ0v) is 10.6. The molecule has 2 N–H and O–H groups in total. The fraction of sp³-hybridized carbons (Fsp3) is 0.667. The van der Waals surface area contributed by atoms with Crippen molar-refractivity contribution in [3.8, 4) is 0 Å². The number of aliphatic hydroxyl groups excluding tert-OH is 1. The number of thiophene rings is 1. The Kier molecular flexibility index (Phi) is 5.29. The lowest BCUT2D eigenvalue weighted by Gasteiger charge is -2.19. The second-order valence-corrected chi connectivity index (χ2v) is 5.26. The highest BCUT2D eigenvalue weighted by Crippen LogP contribution is 2.15. The quantitative estimate of drug-likeness (QED) is 0.781. The predicted molar refractivity (Wildman–Crippen MR) is 66.5 cm³/mol. The second kappa shape index (κ2) is 6.26. The number of aliphatic hydroxyl groups is 1. The molecular formula is C12H21NOS. The summed E-state index contributed by atoms with van der Waals surface area (Å²) < 4.78 is 0. The zero-order chi connectivity index (χ0) is 11.3. The predicted octanol–water partition coefficient (Wildman–Crippen LogP) is 2.21. The Bertz CT molecular complexity index is 283. The molecule has 0 radical (unpaired) electrons. The van der Waals surface area contributed by atoms with Crippen LogP contribution in [-0.4, -0.2) is 24.3 Å². The molecule has 0 amide bonds. The van der Waals surface area contributed by atoms with Gasteiger partial charge in [0, 0.05) is 17.5 Å². The lowest BCUT2D eigenvalue weighted by atomic mass is 10.1. The van der Waals surface area contributed by atoms with E-state index < -0.39 is 0 Å². The van der Waals surface area contributed by atoms with E-state index in [0.717, 1.165) is 13.0 Å². The molecule has 0 aliphatic rings. The third-order valence-electron chi connectivity index (χ3n) is 2.73. The summed E-state index contributed by atoms with van der Waals surface area (Å²) in [4.78, 5) is 1.45. The lowest BCUT2D eigenvalue weighted by Crippen LogP contribution is -2.38. The number of hydrogen-bond donors (Lipinski definition) is 2. The summed E-state index contributed by atoms with van der Waals surface area (Å²) in [7, 11) is 0. The summed E-state index contributed by atoms with van der Waals surface area (Å²) in [5.41, 5.74) is 1.38. The Morgan fingerprint density at radius 2 is 2.20 bits per heavy atom. The first-order valence-electron chi connectivity index (χ1n) is 5.52. The molecule has 1 heterocycles. The Balaban J connectivity index is 2.29. The van der Waals surface area contributed by atoms with Crippen LogP contribution < -0.4 is 5.32 Å². The SMILES string of the molecule is Cc1ccsc1CCNC(CO)C(C)C. The van der Waals surface area contributed by atoms with Crippen molar-refractivity contribution in [3.63, 3.8) is 0 Å². The summed E-state index contributed by atoms with van der Waals surface area (Å²) >= 11 is 1.81. The molecule has 1 aromatic heterocycles. The van der Waals surface area contributed by atoms with Gasteiger partial charge in [0.15, 0.2) is 0 Å². The lowest BCUT2D eigenvalue weighted by molar-refractivity contribution is 0.212. The van der Waals surface area contributed by atoms with Crippen molar-refractivity contribution in [1.82, 2.24) is 5.32 Å². The summed E-state index contributed by atoms with van der Waals surface area (Å²) in [5, 5.41) is 14.7. The van der Waals surface area contributed by atoms with Crippen LogP contribution in [0.1, 0.15) is 24.3 Å².